The van der Waals surface area contributed by atoms with E-state index in [0.717, 1.165) is 12.1 Å². The number of amides is 2. The zero-order valence-electron chi connectivity index (χ0n) is 10.5. The Morgan fingerprint density at radius 2 is 1.81 bits per heavy atom. The molecular weight excluding hydrogens is 286 g/mol. The van der Waals surface area contributed by atoms with Crippen LogP contribution in [0.25, 0.3) is 0 Å². The molecule has 0 atom stereocenters. The summed E-state index contributed by atoms with van der Waals surface area (Å²) in [6, 6.07) is 4.52. The van der Waals surface area contributed by atoms with Gasteiger partial charge in [-0.3, -0.25) is 0 Å². The van der Waals surface area contributed by atoms with Crippen molar-refractivity contribution in [3.05, 3.63) is 53.5 Å². The lowest BCUT2D eigenvalue weighted by Crippen LogP contribution is -2.28. The van der Waals surface area contributed by atoms with Crippen LogP contribution in [0.2, 0.25) is 0 Å². The van der Waals surface area contributed by atoms with E-state index in [1.54, 1.807) is 0 Å². The van der Waals surface area contributed by atoms with Crippen molar-refractivity contribution in [1.29, 1.82) is 0 Å². The largest absolute Gasteiger partial charge is 0.475 e. The minimum atomic E-state index is -1.22. The molecule has 0 aliphatic carbocycles. The van der Waals surface area contributed by atoms with Gasteiger partial charge in [-0.15, -0.1) is 0 Å². The molecule has 0 bridgehead atoms. The first-order chi connectivity index (χ1) is 9.94. The molecule has 21 heavy (non-hydrogen) atoms. The van der Waals surface area contributed by atoms with Gasteiger partial charge in [0.25, 0.3) is 0 Å². The molecule has 0 spiro atoms. The Kier molecular flexibility index (Phi) is 4.17. The van der Waals surface area contributed by atoms with Gasteiger partial charge in [0, 0.05) is 11.8 Å². The molecular formula is C13H10F2N2O4. The van der Waals surface area contributed by atoms with Gasteiger partial charge >= 0.3 is 12.0 Å². The second kappa shape index (κ2) is 6.04. The number of rotatable bonds is 4. The molecule has 3 N–H and O–H groups in total. The highest BCUT2D eigenvalue weighted by atomic mass is 19.1. The van der Waals surface area contributed by atoms with Crippen LogP contribution >= 0.6 is 0 Å². The molecule has 1 aromatic heterocycles. The fourth-order valence-corrected chi connectivity index (χ4v) is 1.56. The van der Waals surface area contributed by atoms with E-state index in [9.17, 15) is 18.4 Å². The first kappa shape index (κ1) is 14.5. The molecule has 2 aromatic rings. The van der Waals surface area contributed by atoms with Crippen LogP contribution in [0, 0.1) is 11.6 Å². The fraction of sp³-hybridized carbons (Fsp3) is 0.0769. The third-order valence-corrected chi connectivity index (χ3v) is 2.42. The maximum Gasteiger partial charge on any atom is 0.371 e. The van der Waals surface area contributed by atoms with Crippen LogP contribution in [0.3, 0.4) is 0 Å². The summed E-state index contributed by atoms with van der Waals surface area (Å²) in [7, 11) is 0. The van der Waals surface area contributed by atoms with E-state index in [1.807, 2.05) is 0 Å². The van der Waals surface area contributed by atoms with Crippen LogP contribution < -0.4 is 10.6 Å². The molecule has 0 unspecified atom stereocenters. The quantitative estimate of drug-likeness (QED) is 0.808. The lowest BCUT2D eigenvalue weighted by atomic mass is 10.3. The van der Waals surface area contributed by atoms with Gasteiger partial charge in [0.1, 0.15) is 17.4 Å². The number of carbonyl (C=O) groups is 2. The second-order valence-corrected chi connectivity index (χ2v) is 4.04. The minimum Gasteiger partial charge on any atom is -0.475 e. The molecule has 6 nitrogen and oxygen atoms in total. The molecule has 0 aliphatic rings. The Labute approximate surface area is 117 Å². The van der Waals surface area contributed by atoms with Gasteiger partial charge in [-0.25, -0.2) is 18.4 Å². The highest BCUT2D eigenvalue weighted by molar-refractivity contribution is 5.89. The topological polar surface area (TPSA) is 91.6 Å². The smallest absolute Gasteiger partial charge is 0.371 e. The van der Waals surface area contributed by atoms with Gasteiger partial charge in [-0.1, -0.05) is 0 Å². The normalized spacial score (nSPS) is 10.2. The van der Waals surface area contributed by atoms with Crippen LogP contribution in [-0.2, 0) is 6.54 Å². The molecule has 2 rings (SSSR count). The number of carboxylic acid groups (broad SMARTS) is 1. The molecule has 110 valence electrons. The zero-order valence-corrected chi connectivity index (χ0v) is 10.5. The van der Waals surface area contributed by atoms with Crippen molar-refractivity contribution in [2.24, 2.45) is 0 Å². The molecule has 2 amide bonds. The third kappa shape index (κ3) is 4.03. The Bertz CT molecular complexity index is 664. The van der Waals surface area contributed by atoms with E-state index in [0.29, 0.717) is 6.07 Å². The SMILES string of the molecule is O=C(NCc1ccc(C(=O)O)o1)Nc1cc(F)cc(F)c1. The summed E-state index contributed by atoms with van der Waals surface area (Å²) < 4.78 is 30.8. The first-order valence-corrected chi connectivity index (χ1v) is 5.77. The van der Waals surface area contributed by atoms with Crippen molar-refractivity contribution in [1.82, 2.24) is 5.32 Å². The van der Waals surface area contributed by atoms with E-state index in [2.05, 4.69) is 10.6 Å². The summed E-state index contributed by atoms with van der Waals surface area (Å²) >= 11 is 0. The zero-order chi connectivity index (χ0) is 15.4. The molecule has 8 heteroatoms. The number of nitrogens with one attached hydrogen (secondary N) is 2. The molecule has 0 saturated heterocycles. The average Bonchev–Trinajstić information content (AvgIpc) is 2.84. The van der Waals surface area contributed by atoms with Crippen molar-refractivity contribution in [3.63, 3.8) is 0 Å². The van der Waals surface area contributed by atoms with Crippen molar-refractivity contribution >= 4 is 17.7 Å². The second-order valence-electron chi connectivity index (χ2n) is 4.04. The van der Waals surface area contributed by atoms with Crippen molar-refractivity contribution in [2.45, 2.75) is 6.54 Å². The summed E-state index contributed by atoms with van der Waals surface area (Å²) in [5, 5.41) is 13.3. The molecule has 1 aromatic carbocycles. The Morgan fingerprint density at radius 3 is 2.38 bits per heavy atom. The summed E-state index contributed by atoms with van der Waals surface area (Å²) in [5.41, 5.74) is -0.0457. The highest BCUT2D eigenvalue weighted by Gasteiger charge is 2.10. The Hall–Kier alpha value is -2.90. The number of hydrogen-bond donors (Lipinski definition) is 3. The number of urea groups is 1. The average molecular weight is 296 g/mol. The van der Waals surface area contributed by atoms with Crippen LogP contribution in [0.1, 0.15) is 16.3 Å². The van der Waals surface area contributed by atoms with Gasteiger partial charge < -0.3 is 20.2 Å². The Balaban J connectivity index is 1.90. The van der Waals surface area contributed by atoms with Crippen LogP contribution in [0.15, 0.2) is 34.7 Å². The van der Waals surface area contributed by atoms with E-state index < -0.39 is 23.6 Å². The van der Waals surface area contributed by atoms with Crippen molar-refractivity contribution in [3.8, 4) is 0 Å². The lowest BCUT2D eigenvalue weighted by molar-refractivity contribution is 0.0660. The maximum atomic E-state index is 12.9. The first-order valence-electron chi connectivity index (χ1n) is 5.77. The summed E-state index contributed by atoms with van der Waals surface area (Å²) in [4.78, 5) is 22.1. The number of carboxylic acids is 1. The van der Waals surface area contributed by atoms with Gasteiger partial charge in [0.05, 0.1) is 6.54 Å². The van der Waals surface area contributed by atoms with Crippen LogP contribution in [0.5, 0.6) is 0 Å². The monoisotopic (exact) mass is 296 g/mol. The summed E-state index contributed by atoms with van der Waals surface area (Å²) in [6.45, 7) is -0.0725. The summed E-state index contributed by atoms with van der Waals surface area (Å²) in [5.74, 6) is -2.88. The van der Waals surface area contributed by atoms with Gasteiger partial charge in [-0.2, -0.15) is 0 Å². The van der Waals surface area contributed by atoms with Crippen LogP contribution in [-0.4, -0.2) is 17.1 Å². The molecule has 0 fully saturated rings. The predicted molar refractivity (Wildman–Crippen MR) is 67.9 cm³/mol. The molecule has 0 saturated carbocycles. The van der Waals surface area contributed by atoms with E-state index in [1.165, 1.54) is 12.1 Å². The number of hydrogen-bond acceptors (Lipinski definition) is 3. The number of anilines is 1. The highest BCUT2D eigenvalue weighted by Crippen LogP contribution is 2.13. The molecule has 0 radical (unpaired) electrons. The van der Waals surface area contributed by atoms with Crippen molar-refractivity contribution < 1.29 is 27.9 Å². The standard InChI is InChI=1S/C13H10F2N2O4/c14-7-3-8(15)5-9(4-7)17-13(20)16-6-10-1-2-11(21-10)12(18)19/h1-5H,6H2,(H,18,19)(H2,16,17,20). The third-order valence-electron chi connectivity index (χ3n) is 2.42. The molecule has 0 aliphatic heterocycles. The Morgan fingerprint density at radius 1 is 1.14 bits per heavy atom. The maximum absolute atomic E-state index is 12.9. The van der Waals surface area contributed by atoms with E-state index in [4.69, 9.17) is 9.52 Å². The number of carbonyl (C=O) groups excluding carboxylic acids is 1. The van der Waals surface area contributed by atoms with E-state index in [-0.39, 0.29) is 23.8 Å². The fourth-order valence-electron chi connectivity index (χ4n) is 1.56. The minimum absolute atomic E-state index is 0.0457. The number of aromatic carboxylic acids is 1. The number of halogens is 2. The van der Waals surface area contributed by atoms with E-state index >= 15 is 0 Å². The number of benzene rings is 1. The lowest BCUT2D eigenvalue weighted by Gasteiger charge is -2.06. The summed E-state index contributed by atoms with van der Waals surface area (Å²) in [6.07, 6.45) is 0. The number of furan rings is 1. The van der Waals surface area contributed by atoms with Gasteiger partial charge in [-0.05, 0) is 24.3 Å². The molecule has 1 heterocycles. The predicted octanol–water partition coefficient (Wildman–Crippen LogP) is 2.58. The van der Waals surface area contributed by atoms with Gasteiger partial charge in [0.15, 0.2) is 0 Å². The van der Waals surface area contributed by atoms with Crippen molar-refractivity contribution in [2.75, 3.05) is 5.32 Å². The van der Waals surface area contributed by atoms with Gasteiger partial charge in [0.2, 0.25) is 5.76 Å². The van der Waals surface area contributed by atoms with Crippen LogP contribution in [0.4, 0.5) is 19.3 Å².